The number of amides is 1. The molecule has 1 heterocycles. The average molecular weight is 413 g/mol. The second-order valence-electron chi connectivity index (χ2n) is 6.40. The Balaban J connectivity index is 2.23. The first-order valence-electron chi connectivity index (χ1n) is 8.73. The highest BCUT2D eigenvalue weighted by Crippen LogP contribution is 2.22. The van der Waals surface area contributed by atoms with Crippen molar-refractivity contribution in [3.63, 3.8) is 0 Å². The van der Waals surface area contributed by atoms with Crippen molar-refractivity contribution in [2.45, 2.75) is 32.2 Å². The van der Waals surface area contributed by atoms with Gasteiger partial charge in [0.2, 0.25) is 0 Å². The van der Waals surface area contributed by atoms with Crippen LogP contribution >= 0.6 is 11.3 Å². The van der Waals surface area contributed by atoms with E-state index < -0.39 is 15.7 Å². The number of terminal acetylenes is 1. The highest BCUT2D eigenvalue weighted by Gasteiger charge is 2.20. The predicted molar refractivity (Wildman–Crippen MR) is 112 cm³/mol. The summed E-state index contributed by atoms with van der Waals surface area (Å²) in [7, 11) is -3.54. The third kappa shape index (κ3) is 3.66. The second kappa shape index (κ2) is 7.74. The van der Waals surface area contributed by atoms with Crippen molar-refractivity contribution < 1.29 is 13.2 Å². The van der Waals surface area contributed by atoms with Crippen molar-refractivity contribution in [2.75, 3.05) is 5.75 Å². The molecule has 5 nitrogen and oxygen atoms in total. The average Bonchev–Trinajstić information content (AvgIpc) is 2.98. The number of thiazole rings is 1. The molecule has 0 aliphatic carbocycles. The molecule has 28 heavy (non-hydrogen) atoms. The van der Waals surface area contributed by atoms with E-state index in [1.807, 2.05) is 26.0 Å². The topological polar surface area (TPSA) is 68.5 Å². The number of aromatic nitrogens is 1. The van der Waals surface area contributed by atoms with Crippen molar-refractivity contribution in [1.82, 2.24) is 4.57 Å². The Morgan fingerprint density at radius 2 is 1.89 bits per heavy atom. The lowest BCUT2D eigenvalue weighted by Crippen LogP contribution is -2.18. The van der Waals surface area contributed by atoms with E-state index >= 15 is 0 Å². The molecule has 0 fully saturated rings. The lowest BCUT2D eigenvalue weighted by Gasteiger charge is -2.06. The van der Waals surface area contributed by atoms with E-state index in [-0.39, 0.29) is 22.8 Å². The van der Waals surface area contributed by atoms with Crippen LogP contribution in [0.3, 0.4) is 0 Å². The number of aryl methyl sites for hydroxylation is 2. The molecule has 144 valence electrons. The normalized spacial score (nSPS) is 12.3. The molecule has 2 aromatic carbocycles. The van der Waals surface area contributed by atoms with Gasteiger partial charge in [-0.2, -0.15) is 4.99 Å². The van der Waals surface area contributed by atoms with Crippen LogP contribution in [0.1, 0.15) is 28.4 Å². The van der Waals surface area contributed by atoms with Crippen molar-refractivity contribution >= 4 is 37.3 Å². The van der Waals surface area contributed by atoms with E-state index in [2.05, 4.69) is 10.9 Å². The molecule has 3 rings (SSSR count). The molecule has 3 aromatic rings. The van der Waals surface area contributed by atoms with E-state index in [9.17, 15) is 13.2 Å². The largest absolute Gasteiger partial charge is 0.305 e. The van der Waals surface area contributed by atoms with Crippen LogP contribution in [0, 0.1) is 26.2 Å². The summed E-state index contributed by atoms with van der Waals surface area (Å²) in [5.74, 6) is 1.91. The van der Waals surface area contributed by atoms with Crippen molar-refractivity contribution in [2.24, 2.45) is 4.99 Å². The van der Waals surface area contributed by atoms with E-state index in [1.165, 1.54) is 23.5 Å². The van der Waals surface area contributed by atoms with Crippen LogP contribution in [0.2, 0.25) is 0 Å². The van der Waals surface area contributed by atoms with Gasteiger partial charge in [-0.1, -0.05) is 36.3 Å². The lowest BCUT2D eigenvalue weighted by atomic mass is 10.1. The molecule has 0 atom stereocenters. The number of nitrogens with zero attached hydrogens (tertiary/aromatic N) is 2. The van der Waals surface area contributed by atoms with Crippen LogP contribution in [0.5, 0.6) is 0 Å². The summed E-state index contributed by atoms with van der Waals surface area (Å²) in [6.07, 6.45) is 5.52. The molecule has 0 bridgehead atoms. The number of fused-ring (bicyclic) bond motifs is 1. The fourth-order valence-corrected chi connectivity index (χ4v) is 5.06. The zero-order valence-corrected chi connectivity index (χ0v) is 17.5. The first-order chi connectivity index (χ1) is 13.3. The zero-order valence-electron chi connectivity index (χ0n) is 15.9. The van der Waals surface area contributed by atoms with Gasteiger partial charge in [0, 0.05) is 0 Å². The number of sulfone groups is 1. The molecule has 0 saturated carbocycles. The summed E-state index contributed by atoms with van der Waals surface area (Å²) in [4.78, 5) is 17.6. The highest BCUT2D eigenvalue weighted by atomic mass is 32.2. The maximum Gasteiger partial charge on any atom is 0.280 e. The van der Waals surface area contributed by atoms with Gasteiger partial charge in [-0.25, -0.2) is 8.42 Å². The summed E-state index contributed by atoms with van der Waals surface area (Å²) in [5, 5.41) is 0. The van der Waals surface area contributed by atoms with E-state index in [0.29, 0.717) is 4.80 Å². The maximum absolute atomic E-state index is 12.9. The fourth-order valence-electron chi connectivity index (χ4n) is 2.87. The molecule has 0 aliphatic rings. The first kappa shape index (κ1) is 20.1. The fraction of sp³-hybridized carbons (Fsp3) is 0.238. The number of rotatable bonds is 4. The Morgan fingerprint density at radius 3 is 2.57 bits per heavy atom. The highest BCUT2D eigenvalue weighted by molar-refractivity contribution is 7.91. The van der Waals surface area contributed by atoms with E-state index in [1.54, 1.807) is 23.6 Å². The maximum atomic E-state index is 12.9. The Bertz CT molecular complexity index is 1290. The number of hydrogen-bond acceptors (Lipinski definition) is 4. The molecular formula is C21H20N2O3S2. The van der Waals surface area contributed by atoms with Crippen LogP contribution in [-0.2, 0) is 16.4 Å². The molecule has 0 N–H and O–H groups in total. The van der Waals surface area contributed by atoms with Crippen LogP contribution in [0.4, 0.5) is 0 Å². The van der Waals surface area contributed by atoms with Gasteiger partial charge in [0.15, 0.2) is 14.6 Å². The third-order valence-electron chi connectivity index (χ3n) is 4.58. The Kier molecular flexibility index (Phi) is 5.54. The van der Waals surface area contributed by atoms with Gasteiger partial charge in [0.1, 0.15) is 0 Å². The second-order valence-corrected chi connectivity index (χ2v) is 9.65. The molecule has 0 saturated heterocycles. The molecule has 7 heteroatoms. The molecule has 0 spiro atoms. The number of hydrogen-bond donors (Lipinski definition) is 0. The Morgan fingerprint density at radius 1 is 1.21 bits per heavy atom. The minimum Gasteiger partial charge on any atom is -0.305 e. The SMILES string of the molecule is C#CCn1c(=NC(=O)c2ccccc2S(=O)(=O)CC)sc2cc(C)c(C)cc21. The van der Waals surface area contributed by atoms with E-state index in [4.69, 9.17) is 6.42 Å². The van der Waals surface area contributed by atoms with Crippen LogP contribution in [-0.4, -0.2) is 24.6 Å². The number of carbonyl (C=O) groups is 1. The van der Waals surface area contributed by atoms with Crippen LogP contribution in [0.25, 0.3) is 10.2 Å². The van der Waals surface area contributed by atoms with Gasteiger partial charge in [0.25, 0.3) is 5.91 Å². The molecule has 0 radical (unpaired) electrons. The molecule has 0 unspecified atom stereocenters. The van der Waals surface area contributed by atoms with Gasteiger partial charge in [-0.15, -0.1) is 6.42 Å². The third-order valence-corrected chi connectivity index (χ3v) is 7.40. The van der Waals surface area contributed by atoms with E-state index in [0.717, 1.165) is 21.3 Å². The molecule has 1 amide bonds. The summed E-state index contributed by atoms with van der Waals surface area (Å²) < 4.78 is 27.5. The Hall–Kier alpha value is -2.69. The van der Waals surface area contributed by atoms with Gasteiger partial charge >= 0.3 is 0 Å². The zero-order chi connectivity index (χ0) is 20.5. The predicted octanol–water partition coefficient (Wildman–Crippen LogP) is 3.49. The van der Waals surface area contributed by atoms with Crippen molar-refractivity contribution in [1.29, 1.82) is 0 Å². The minimum absolute atomic E-state index is 0.00236. The van der Waals surface area contributed by atoms with Crippen molar-refractivity contribution in [3.8, 4) is 12.3 Å². The first-order valence-corrected chi connectivity index (χ1v) is 11.2. The monoisotopic (exact) mass is 412 g/mol. The molecule has 0 aliphatic heterocycles. The van der Waals surface area contributed by atoms with Gasteiger partial charge < -0.3 is 4.57 Å². The van der Waals surface area contributed by atoms with Gasteiger partial charge in [0.05, 0.1) is 33.0 Å². The standard InChI is InChI=1S/C21H20N2O3S2/c1-5-11-23-17-12-14(3)15(4)13-18(17)27-21(23)22-20(24)16-9-7-8-10-19(16)28(25,26)6-2/h1,7-10,12-13H,6,11H2,2-4H3. The van der Waals surface area contributed by atoms with Gasteiger partial charge in [-0.05, 0) is 49.2 Å². The summed E-state index contributed by atoms with van der Waals surface area (Å²) in [5.41, 5.74) is 3.24. The molecule has 1 aromatic heterocycles. The Labute approximate surface area is 168 Å². The quantitative estimate of drug-likeness (QED) is 0.616. The van der Waals surface area contributed by atoms with Crippen LogP contribution < -0.4 is 4.80 Å². The smallest absolute Gasteiger partial charge is 0.280 e. The van der Waals surface area contributed by atoms with Crippen LogP contribution in [0.15, 0.2) is 46.3 Å². The summed E-state index contributed by atoms with van der Waals surface area (Å²) >= 11 is 1.36. The van der Waals surface area contributed by atoms with Gasteiger partial charge in [-0.3, -0.25) is 4.79 Å². The summed E-state index contributed by atoms with van der Waals surface area (Å²) in [6.45, 7) is 5.85. The lowest BCUT2D eigenvalue weighted by molar-refractivity contribution is 0.0994. The number of benzene rings is 2. The van der Waals surface area contributed by atoms with Crippen molar-refractivity contribution in [3.05, 3.63) is 57.9 Å². The minimum atomic E-state index is -3.54. The summed E-state index contributed by atoms with van der Waals surface area (Å²) in [6, 6.07) is 10.2. The number of carbonyl (C=O) groups excluding carboxylic acids is 1. The molecular weight excluding hydrogens is 392 g/mol.